The molecule has 1 unspecified atom stereocenters. The molecule has 0 bridgehead atoms. The van der Waals surface area contributed by atoms with E-state index in [1.54, 1.807) is 24.3 Å². The molecule has 0 spiro atoms. The van der Waals surface area contributed by atoms with Crippen molar-refractivity contribution in [3.8, 4) is 11.5 Å². The number of methoxy groups -OCH3 is 1. The van der Waals surface area contributed by atoms with E-state index in [1.165, 1.54) is 56.6 Å². The zero-order valence-electron chi connectivity index (χ0n) is 24.7. The van der Waals surface area contributed by atoms with Gasteiger partial charge in [0.1, 0.15) is 18.0 Å². The van der Waals surface area contributed by atoms with Gasteiger partial charge in [0.2, 0.25) is 0 Å². The van der Waals surface area contributed by atoms with Crippen LogP contribution >= 0.6 is 0 Å². The van der Waals surface area contributed by atoms with Gasteiger partial charge in [-0.3, -0.25) is 24.0 Å². The summed E-state index contributed by atoms with van der Waals surface area (Å²) in [5.41, 5.74) is 2.96. The number of ether oxygens (including phenoxy) is 3. The minimum absolute atomic E-state index is 0.0418. The van der Waals surface area contributed by atoms with Gasteiger partial charge in [-0.2, -0.15) is 5.10 Å². The molecule has 2 N–H and O–H groups in total. The Bertz CT molecular complexity index is 1640. The lowest BCUT2D eigenvalue weighted by molar-refractivity contribution is -0.385. The van der Waals surface area contributed by atoms with Crippen molar-refractivity contribution in [1.29, 1.82) is 0 Å². The number of nitro groups is 1. The maximum atomic E-state index is 13.6. The summed E-state index contributed by atoms with van der Waals surface area (Å²) in [5, 5.41) is 18.1. The second-order valence-corrected chi connectivity index (χ2v) is 11.9. The van der Waals surface area contributed by atoms with Crippen molar-refractivity contribution >= 4 is 39.4 Å². The summed E-state index contributed by atoms with van der Waals surface area (Å²) in [6, 6.07) is 16.1. The molecule has 1 saturated heterocycles. The smallest absolute Gasteiger partial charge is 0.273 e. The van der Waals surface area contributed by atoms with E-state index in [1.807, 2.05) is 0 Å². The van der Waals surface area contributed by atoms with Crippen molar-refractivity contribution in [1.82, 2.24) is 10.7 Å². The van der Waals surface area contributed by atoms with Crippen LogP contribution in [0.4, 0.5) is 11.4 Å². The summed E-state index contributed by atoms with van der Waals surface area (Å²) in [5.74, 6) is -0.100. The first-order valence-corrected chi connectivity index (χ1v) is 15.4. The van der Waals surface area contributed by atoms with Crippen LogP contribution in [0.5, 0.6) is 11.5 Å². The van der Waals surface area contributed by atoms with E-state index in [9.17, 15) is 28.1 Å². The molecule has 15 heteroatoms. The van der Waals surface area contributed by atoms with Crippen LogP contribution in [0.25, 0.3) is 0 Å². The lowest BCUT2D eigenvalue weighted by Crippen LogP contribution is -2.39. The molecule has 45 heavy (non-hydrogen) atoms. The number of sulfonamides is 1. The molecule has 238 valence electrons. The van der Waals surface area contributed by atoms with E-state index in [4.69, 9.17) is 14.2 Å². The highest BCUT2D eigenvalue weighted by molar-refractivity contribution is 7.92. The third-order valence-corrected chi connectivity index (χ3v) is 8.59. The molecular formula is C30H33N5O9S. The van der Waals surface area contributed by atoms with Crippen LogP contribution in [-0.2, 0) is 24.3 Å². The van der Waals surface area contributed by atoms with Crippen LogP contribution in [-0.4, -0.2) is 70.9 Å². The lowest BCUT2D eigenvalue weighted by atomic mass is 10.2. The Balaban J connectivity index is 1.38. The maximum Gasteiger partial charge on any atom is 0.273 e. The highest BCUT2D eigenvalue weighted by Gasteiger charge is 2.29. The van der Waals surface area contributed by atoms with Crippen molar-refractivity contribution in [2.24, 2.45) is 5.10 Å². The van der Waals surface area contributed by atoms with Gasteiger partial charge in [0.05, 0.1) is 34.9 Å². The summed E-state index contributed by atoms with van der Waals surface area (Å²) in [4.78, 5) is 35.3. The Morgan fingerprint density at radius 1 is 1.09 bits per heavy atom. The number of amides is 2. The van der Waals surface area contributed by atoms with Crippen LogP contribution in [0, 0.1) is 17.0 Å². The summed E-state index contributed by atoms with van der Waals surface area (Å²) in [6.45, 7) is 1.83. The second-order valence-electron chi connectivity index (χ2n) is 10.0. The second kappa shape index (κ2) is 15.1. The fraction of sp³-hybridized carbons (Fsp3) is 0.300. The van der Waals surface area contributed by atoms with Crippen molar-refractivity contribution in [3.63, 3.8) is 0 Å². The van der Waals surface area contributed by atoms with Crippen LogP contribution in [0.15, 0.2) is 76.7 Å². The highest BCUT2D eigenvalue weighted by Crippen LogP contribution is 2.29. The van der Waals surface area contributed by atoms with Gasteiger partial charge in [0.25, 0.3) is 27.5 Å². The molecule has 1 heterocycles. The zero-order chi connectivity index (χ0) is 32.4. The van der Waals surface area contributed by atoms with E-state index in [0.29, 0.717) is 30.2 Å². The molecule has 4 rings (SSSR count). The number of aryl methyl sites for hydroxylation is 1. The van der Waals surface area contributed by atoms with Gasteiger partial charge < -0.3 is 19.5 Å². The summed E-state index contributed by atoms with van der Waals surface area (Å²) >= 11 is 0. The van der Waals surface area contributed by atoms with E-state index in [-0.39, 0.29) is 40.5 Å². The molecule has 1 aliphatic heterocycles. The fourth-order valence-electron chi connectivity index (χ4n) is 4.36. The quantitative estimate of drug-likeness (QED) is 0.152. The predicted molar refractivity (Wildman–Crippen MR) is 165 cm³/mol. The fourth-order valence-corrected chi connectivity index (χ4v) is 5.81. The molecule has 1 atom stereocenters. The summed E-state index contributed by atoms with van der Waals surface area (Å²) < 4.78 is 44.2. The van der Waals surface area contributed by atoms with Crippen LogP contribution in [0.1, 0.15) is 24.0 Å². The minimum Gasteiger partial charge on any atom is -0.497 e. The Kier molecular flexibility index (Phi) is 11.0. The molecule has 2 amide bonds. The Hall–Kier alpha value is -5.02. The number of nitrogens with zero attached hydrogens (tertiary/aromatic N) is 3. The monoisotopic (exact) mass is 639 g/mol. The standard InChI is InChI=1S/C30H33N5O9S/c1-21-5-14-27(16-28(21)35(38)39)45(40,41)34(23-8-12-24(42-2)13-9-23)19-29(36)33-32-17-22-6-10-25(11-7-22)44-20-30(37)31-18-26-4-3-15-43-26/h5-14,16-17,26H,3-4,15,18-20H2,1-2H3,(H,31,37)(H,33,36). The van der Waals surface area contributed by atoms with Gasteiger partial charge in [0, 0.05) is 24.8 Å². The molecule has 3 aromatic carbocycles. The van der Waals surface area contributed by atoms with E-state index in [2.05, 4.69) is 15.8 Å². The first-order valence-electron chi connectivity index (χ1n) is 13.9. The molecule has 0 aliphatic carbocycles. The minimum atomic E-state index is -4.42. The summed E-state index contributed by atoms with van der Waals surface area (Å²) in [6.07, 6.45) is 3.30. The average Bonchev–Trinajstić information content (AvgIpc) is 3.56. The van der Waals surface area contributed by atoms with Gasteiger partial charge in [-0.05, 0) is 79.9 Å². The number of benzene rings is 3. The molecule has 14 nitrogen and oxygen atoms in total. The number of nitrogens with one attached hydrogen (secondary N) is 2. The van der Waals surface area contributed by atoms with Crippen molar-refractivity contribution in [3.05, 3.63) is 88.0 Å². The predicted octanol–water partition coefficient (Wildman–Crippen LogP) is 2.93. The van der Waals surface area contributed by atoms with E-state index >= 15 is 0 Å². The number of rotatable bonds is 14. The van der Waals surface area contributed by atoms with Crippen molar-refractivity contribution in [2.75, 3.05) is 37.7 Å². The van der Waals surface area contributed by atoms with Gasteiger partial charge in [-0.1, -0.05) is 6.07 Å². The highest BCUT2D eigenvalue weighted by atomic mass is 32.2. The van der Waals surface area contributed by atoms with Crippen LogP contribution in [0.3, 0.4) is 0 Å². The average molecular weight is 640 g/mol. The van der Waals surface area contributed by atoms with Gasteiger partial charge in [-0.15, -0.1) is 0 Å². The van der Waals surface area contributed by atoms with Crippen molar-refractivity contribution in [2.45, 2.75) is 30.8 Å². The molecule has 1 fully saturated rings. The van der Waals surface area contributed by atoms with Gasteiger partial charge >= 0.3 is 0 Å². The number of carbonyl (C=O) groups is 2. The number of hydrazone groups is 1. The van der Waals surface area contributed by atoms with Gasteiger partial charge in [0.15, 0.2) is 6.61 Å². The Labute approximate surface area is 260 Å². The lowest BCUT2D eigenvalue weighted by Gasteiger charge is -2.24. The molecule has 1 aliphatic rings. The Morgan fingerprint density at radius 3 is 2.44 bits per heavy atom. The molecule has 3 aromatic rings. The summed E-state index contributed by atoms with van der Waals surface area (Å²) in [7, 11) is -2.96. The molecule has 0 saturated carbocycles. The number of hydrogen-bond acceptors (Lipinski definition) is 10. The third kappa shape index (κ3) is 9.00. The molecular weight excluding hydrogens is 606 g/mol. The first kappa shape index (κ1) is 32.9. The zero-order valence-corrected chi connectivity index (χ0v) is 25.5. The van der Waals surface area contributed by atoms with Gasteiger partial charge in [-0.25, -0.2) is 13.8 Å². The number of nitro benzene ring substituents is 1. The number of anilines is 1. The van der Waals surface area contributed by atoms with Crippen LogP contribution < -0.4 is 24.5 Å². The SMILES string of the molecule is COc1ccc(N(CC(=O)NN=Cc2ccc(OCC(=O)NCC3CCCO3)cc2)S(=O)(=O)c2ccc(C)c([N+](=O)[O-])c2)cc1. The third-order valence-electron chi connectivity index (χ3n) is 6.82. The topological polar surface area (TPSA) is 179 Å². The number of hydrogen-bond donors (Lipinski definition) is 2. The largest absolute Gasteiger partial charge is 0.497 e. The maximum absolute atomic E-state index is 13.6. The molecule has 0 aromatic heterocycles. The van der Waals surface area contributed by atoms with E-state index in [0.717, 1.165) is 23.2 Å². The van der Waals surface area contributed by atoms with E-state index < -0.39 is 27.4 Å². The molecule has 0 radical (unpaired) electrons. The Morgan fingerprint density at radius 2 is 1.80 bits per heavy atom. The number of carbonyl (C=O) groups excluding carboxylic acids is 2. The van der Waals surface area contributed by atoms with Crippen LogP contribution in [0.2, 0.25) is 0 Å². The first-order chi connectivity index (χ1) is 21.6. The normalized spacial score (nSPS) is 14.6. The van der Waals surface area contributed by atoms with Crippen molar-refractivity contribution < 1.29 is 37.1 Å².